The highest BCUT2D eigenvalue weighted by atomic mass is 16.5. The summed E-state index contributed by atoms with van der Waals surface area (Å²) in [5.41, 5.74) is 0. The van der Waals surface area contributed by atoms with Gasteiger partial charge in [-0.15, -0.1) is 0 Å². The predicted molar refractivity (Wildman–Crippen MR) is 48.5 cm³/mol. The molecule has 0 bridgehead atoms. The largest absolute Gasteiger partial charge is 0.469 e. The summed E-state index contributed by atoms with van der Waals surface area (Å²) in [5, 5.41) is 0. The van der Waals surface area contributed by atoms with Gasteiger partial charge < -0.3 is 14.2 Å². The van der Waals surface area contributed by atoms with E-state index >= 15 is 0 Å². The second kappa shape index (κ2) is 8.01. The van der Waals surface area contributed by atoms with Crippen LogP contribution < -0.4 is 0 Å². The number of methoxy groups -OCH3 is 1. The summed E-state index contributed by atoms with van der Waals surface area (Å²) in [6.07, 6.45) is 0.530. The van der Waals surface area contributed by atoms with Crippen molar-refractivity contribution in [3.63, 3.8) is 0 Å². The summed E-state index contributed by atoms with van der Waals surface area (Å²) in [7, 11) is 1.37. The second-order valence-electron chi connectivity index (χ2n) is 2.86. The molecule has 0 aliphatic carbocycles. The fourth-order valence-corrected chi connectivity index (χ4v) is 0.702. The van der Waals surface area contributed by atoms with E-state index in [4.69, 9.17) is 9.47 Å². The highest BCUT2D eigenvalue weighted by Crippen LogP contribution is 1.89. The van der Waals surface area contributed by atoms with Crippen LogP contribution in [0.2, 0.25) is 0 Å². The van der Waals surface area contributed by atoms with E-state index in [2.05, 4.69) is 4.74 Å². The van der Waals surface area contributed by atoms with Crippen molar-refractivity contribution in [3.05, 3.63) is 0 Å². The topological polar surface area (TPSA) is 44.8 Å². The van der Waals surface area contributed by atoms with Gasteiger partial charge in [-0.3, -0.25) is 4.79 Å². The van der Waals surface area contributed by atoms with Crippen LogP contribution in [-0.4, -0.2) is 39.0 Å². The average Bonchev–Trinajstić information content (AvgIpc) is 2.10. The molecule has 0 heterocycles. The van der Waals surface area contributed by atoms with Crippen LogP contribution >= 0.6 is 0 Å². The quantitative estimate of drug-likeness (QED) is 0.443. The molecular weight excluding hydrogens is 172 g/mol. The molecule has 0 N–H and O–H groups in total. The van der Waals surface area contributed by atoms with Gasteiger partial charge in [-0.05, 0) is 13.8 Å². The molecule has 4 heteroatoms. The third-order valence-electron chi connectivity index (χ3n) is 1.36. The first-order valence-corrected chi connectivity index (χ1v) is 4.43. The highest BCUT2D eigenvalue weighted by molar-refractivity contribution is 5.69. The van der Waals surface area contributed by atoms with Crippen LogP contribution in [0.15, 0.2) is 0 Å². The fraction of sp³-hybridized carbons (Fsp3) is 0.889. The van der Waals surface area contributed by atoms with Crippen LogP contribution in [0, 0.1) is 0 Å². The SMILES string of the molecule is COC(=O)CCOCCOC(C)C. The van der Waals surface area contributed by atoms with E-state index in [1.54, 1.807) is 0 Å². The summed E-state index contributed by atoms with van der Waals surface area (Å²) >= 11 is 0. The lowest BCUT2D eigenvalue weighted by Crippen LogP contribution is -2.12. The first kappa shape index (κ1) is 12.4. The molecule has 0 unspecified atom stereocenters. The van der Waals surface area contributed by atoms with Gasteiger partial charge >= 0.3 is 5.97 Å². The number of hydrogen-bond acceptors (Lipinski definition) is 4. The lowest BCUT2D eigenvalue weighted by Gasteiger charge is -2.07. The zero-order valence-corrected chi connectivity index (χ0v) is 8.54. The summed E-state index contributed by atoms with van der Waals surface area (Å²) in [6.45, 7) is 5.42. The van der Waals surface area contributed by atoms with Gasteiger partial charge in [-0.25, -0.2) is 0 Å². The van der Waals surface area contributed by atoms with Crippen LogP contribution in [0.5, 0.6) is 0 Å². The van der Waals surface area contributed by atoms with Gasteiger partial charge in [0.2, 0.25) is 0 Å². The summed E-state index contributed by atoms with van der Waals surface area (Å²) in [4.78, 5) is 10.6. The van der Waals surface area contributed by atoms with E-state index in [1.165, 1.54) is 7.11 Å². The maximum atomic E-state index is 10.6. The Kier molecular flexibility index (Phi) is 7.63. The van der Waals surface area contributed by atoms with Crippen molar-refractivity contribution in [1.29, 1.82) is 0 Å². The number of rotatable bonds is 7. The molecule has 4 nitrogen and oxygen atoms in total. The van der Waals surface area contributed by atoms with Gasteiger partial charge in [0.25, 0.3) is 0 Å². The van der Waals surface area contributed by atoms with Crippen molar-refractivity contribution in [2.24, 2.45) is 0 Å². The molecule has 0 radical (unpaired) electrons. The first-order chi connectivity index (χ1) is 6.16. The molecule has 0 rings (SSSR count). The molecule has 0 saturated carbocycles. The Morgan fingerprint density at radius 1 is 1.23 bits per heavy atom. The Balaban J connectivity index is 3.04. The van der Waals surface area contributed by atoms with Crippen molar-refractivity contribution < 1.29 is 19.0 Å². The Hall–Kier alpha value is -0.610. The van der Waals surface area contributed by atoms with Crippen LogP contribution in [-0.2, 0) is 19.0 Å². The predicted octanol–water partition coefficient (Wildman–Crippen LogP) is 0.991. The van der Waals surface area contributed by atoms with E-state index in [0.29, 0.717) is 26.2 Å². The molecule has 0 aliphatic rings. The minimum Gasteiger partial charge on any atom is -0.469 e. The molecule has 0 aromatic heterocycles. The van der Waals surface area contributed by atoms with Gasteiger partial charge in [-0.1, -0.05) is 0 Å². The van der Waals surface area contributed by atoms with E-state index in [9.17, 15) is 4.79 Å². The number of carbonyl (C=O) groups excluding carboxylic acids is 1. The van der Waals surface area contributed by atoms with E-state index < -0.39 is 0 Å². The monoisotopic (exact) mass is 190 g/mol. The molecular formula is C9H18O4. The third kappa shape index (κ3) is 9.30. The summed E-state index contributed by atoms with van der Waals surface area (Å²) in [5.74, 6) is -0.246. The van der Waals surface area contributed by atoms with Gasteiger partial charge in [0, 0.05) is 0 Å². The third-order valence-corrected chi connectivity index (χ3v) is 1.36. The van der Waals surface area contributed by atoms with Crippen LogP contribution in [0.25, 0.3) is 0 Å². The average molecular weight is 190 g/mol. The first-order valence-electron chi connectivity index (χ1n) is 4.43. The summed E-state index contributed by atoms with van der Waals surface area (Å²) < 4.78 is 14.8. The molecule has 0 aromatic carbocycles. The van der Waals surface area contributed by atoms with Gasteiger partial charge in [0.05, 0.1) is 39.5 Å². The zero-order chi connectivity index (χ0) is 10.1. The molecule has 78 valence electrons. The molecule has 0 aliphatic heterocycles. The molecule has 0 fully saturated rings. The molecule has 0 amide bonds. The number of carbonyl (C=O) groups is 1. The second-order valence-corrected chi connectivity index (χ2v) is 2.86. The van der Waals surface area contributed by atoms with E-state index in [0.717, 1.165) is 0 Å². The summed E-state index contributed by atoms with van der Waals surface area (Å²) in [6, 6.07) is 0. The smallest absolute Gasteiger partial charge is 0.307 e. The minimum atomic E-state index is -0.246. The van der Waals surface area contributed by atoms with E-state index in [-0.39, 0.29) is 12.1 Å². The normalized spacial score (nSPS) is 10.5. The molecule has 0 saturated heterocycles. The van der Waals surface area contributed by atoms with E-state index in [1.807, 2.05) is 13.8 Å². The Labute approximate surface area is 79.2 Å². The molecule has 0 aromatic rings. The molecule has 0 spiro atoms. The minimum absolute atomic E-state index is 0.226. The molecule has 13 heavy (non-hydrogen) atoms. The fourth-order valence-electron chi connectivity index (χ4n) is 0.702. The Bertz CT molecular complexity index is 134. The van der Waals surface area contributed by atoms with Crippen molar-refractivity contribution >= 4 is 5.97 Å². The molecule has 0 atom stereocenters. The van der Waals surface area contributed by atoms with Gasteiger partial charge in [0.15, 0.2) is 0 Å². The zero-order valence-electron chi connectivity index (χ0n) is 8.54. The Morgan fingerprint density at radius 2 is 1.92 bits per heavy atom. The standard InChI is InChI=1S/C9H18O4/c1-8(2)13-7-6-12-5-4-9(10)11-3/h8H,4-7H2,1-3H3. The Morgan fingerprint density at radius 3 is 2.46 bits per heavy atom. The highest BCUT2D eigenvalue weighted by Gasteiger charge is 1.99. The van der Waals surface area contributed by atoms with Crippen molar-refractivity contribution in [3.8, 4) is 0 Å². The van der Waals surface area contributed by atoms with Crippen molar-refractivity contribution in [2.75, 3.05) is 26.9 Å². The van der Waals surface area contributed by atoms with Crippen molar-refractivity contribution in [1.82, 2.24) is 0 Å². The van der Waals surface area contributed by atoms with Crippen LogP contribution in [0.3, 0.4) is 0 Å². The maximum Gasteiger partial charge on any atom is 0.307 e. The van der Waals surface area contributed by atoms with Crippen LogP contribution in [0.1, 0.15) is 20.3 Å². The lowest BCUT2D eigenvalue weighted by atomic mass is 10.5. The van der Waals surface area contributed by atoms with Crippen molar-refractivity contribution in [2.45, 2.75) is 26.4 Å². The van der Waals surface area contributed by atoms with Gasteiger partial charge in [0.1, 0.15) is 0 Å². The lowest BCUT2D eigenvalue weighted by molar-refractivity contribution is -0.142. The number of ether oxygens (including phenoxy) is 3. The van der Waals surface area contributed by atoms with Crippen LogP contribution in [0.4, 0.5) is 0 Å². The van der Waals surface area contributed by atoms with Gasteiger partial charge in [-0.2, -0.15) is 0 Å². The maximum absolute atomic E-state index is 10.6. The number of esters is 1. The number of hydrogen-bond donors (Lipinski definition) is 0.